The third kappa shape index (κ3) is 2.03. The molecular weight excluding hydrogens is 206 g/mol. The number of hydrogen-bond donors (Lipinski definition) is 1. The van der Waals surface area contributed by atoms with Gasteiger partial charge in [-0.25, -0.2) is 4.79 Å². The fraction of sp³-hybridized carbons (Fsp3) is 0.917. The van der Waals surface area contributed by atoms with E-state index in [9.17, 15) is 9.90 Å². The number of likely N-dealkylation sites (tertiary alicyclic amines) is 1. The quantitative estimate of drug-likeness (QED) is 0.687. The Bertz CT molecular complexity index is 291. The van der Waals surface area contributed by atoms with Gasteiger partial charge < -0.3 is 9.84 Å². The number of amides is 1. The van der Waals surface area contributed by atoms with Gasteiger partial charge in [0.2, 0.25) is 0 Å². The highest BCUT2D eigenvalue weighted by atomic mass is 16.6. The number of aliphatic hydroxyl groups excluding tert-OH is 1. The maximum absolute atomic E-state index is 12.0. The first-order valence-electron chi connectivity index (χ1n) is 6.01. The SMILES string of the molecule is CC(C)(C)OC(=O)N1CC(O)CC12CCC2. The lowest BCUT2D eigenvalue weighted by molar-refractivity contribution is -0.00988. The first-order chi connectivity index (χ1) is 7.32. The Balaban J connectivity index is 2.05. The molecule has 92 valence electrons. The van der Waals surface area contributed by atoms with Crippen LogP contribution in [0.15, 0.2) is 0 Å². The van der Waals surface area contributed by atoms with Crippen molar-refractivity contribution < 1.29 is 14.6 Å². The molecular formula is C12H21NO3. The van der Waals surface area contributed by atoms with Gasteiger partial charge in [-0.05, 0) is 46.5 Å². The largest absolute Gasteiger partial charge is 0.444 e. The third-order valence-electron chi connectivity index (χ3n) is 3.48. The van der Waals surface area contributed by atoms with Gasteiger partial charge in [0.1, 0.15) is 5.60 Å². The van der Waals surface area contributed by atoms with Crippen LogP contribution in [-0.2, 0) is 4.74 Å². The zero-order valence-electron chi connectivity index (χ0n) is 10.3. The van der Waals surface area contributed by atoms with Crippen LogP contribution in [0.25, 0.3) is 0 Å². The second-order valence-corrected chi connectivity index (χ2v) is 6.03. The molecule has 1 amide bonds. The van der Waals surface area contributed by atoms with Crippen LogP contribution in [0.2, 0.25) is 0 Å². The number of aliphatic hydroxyl groups is 1. The van der Waals surface area contributed by atoms with Gasteiger partial charge >= 0.3 is 6.09 Å². The van der Waals surface area contributed by atoms with Crippen molar-refractivity contribution in [1.29, 1.82) is 0 Å². The van der Waals surface area contributed by atoms with Crippen molar-refractivity contribution in [2.24, 2.45) is 0 Å². The number of hydrogen-bond acceptors (Lipinski definition) is 3. The third-order valence-corrected chi connectivity index (χ3v) is 3.48. The number of nitrogens with zero attached hydrogens (tertiary/aromatic N) is 1. The average molecular weight is 227 g/mol. The molecule has 4 heteroatoms. The van der Waals surface area contributed by atoms with Crippen LogP contribution in [0.1, 0.15) is 46.5 Å². The van der Waals surface area contributed by atoms with Gasteiger partial charge in [0, 0.05) is 5.54 Å². The minimum absolute atomic E-state index is 0.0955. The maximum Gasteiger partial charge on any atom is 0.410 e. The van der Waals surface area contributed by atoms with Gasteiger partial charge in [-0.3, -0.25) is 4.90 Å². The molecule has 1 atom stereocenters. The van der Waals surface area contributed by atoms with E-state index in [0.29, 0.717) is 13.0 Å². The summed E-state index contributed by atoms with van der Waals surface area (Å²) in [5.41, 5.74) is -0.558. The van der Waals surface area contributed by atoms with Gasteiger partial charge in [0.05, 0.1) is 12.6 Å². The predicted molar refractivity (Wildman–Crippen MR) is 60.1 cm³/mol. The Hall–Kier alpha value is -0.770. The van der Waals surface area contributed by atoms with Crippen LogP contribution in [0, 0.1) is 0 Å². The van der Waals surface area contributed by atoms with E-state index in [2.05, 4.69) is 0 Å². The van der Waals surface area contributed by atoms with E-state index in [-0.39, 0.29) is 17.7 Å². The van der Waals surface area contributed by atoms with Crippen molar-refractivity contribution in [2.75, 3.05) is 6.54 Å². The Kier molecular flexibility index (Phi) is 2.65. The molecule has 2 fully saturated rings. The predicted octanol–water partition coefficient (Wildman–Crippen LogP) is 1.91. The van der Waals surface area contributed by atoms with E-state index in [0.717, 1.165) is 19.3 Å². The van der Waals surface area contributed by atoms with E-state index >= 15 is 0 Å². The average Bonchev–Trinajstić information content (AvgIpc) is 2.39. The van der Waals surface area contributed by atoms with Gasteiger partial charge in [-0.1, -0.05) is 0 Å². The molecule has 1 aliphatic carbocycles. The Labute approximate surface area is 96.6 Å². The molecule has 1 heterocycles. The van der Waals surface area contributed by atoms with Crippen LogP contribution in [0.5, 0.6) is 0 Å². The molecule has 0 bridgehead atoms. The Morgan fingerprint density at radius 3 is 2.50 bits per heavy atom. The molecule has 1 aliphatic heterocycles. The van der Waals surface area contributed by atoms with Crippen molar-refractivity contribution >= 4 is 6.09 Å². The molecule has 16 heavy (non-hydrogen) atoms. The molecule has 1 unspecified atom stereocenters. The van der Waals surface area contributed by atoms with Crippen LogP contribution in [-0.4, -0.2) is 39.9 Å². The summed E-state index contributed by atoms with van der Waals surface area (Å²) in [5, 5.41) is 9.70. The van der Waals surface area contributed by atoms with Crippen molar-refractivity contribution in [2.45, 2.75) is 63.7 Å². The molecule has 0 aromatic carbocycles. The topological polar surface area (TPSA) is 49.8 Å². The van der Waals surface area contributed by atoms with Crippen molar-refractivity contribution in [3.05, 3.63) is 0 Å². The molecule has 0 radical (unpaired) electrons. The summed E-state index contributed by atoms with van der Waals surface area (Å²) in [7, 11) is 0. The molecule has 1 saturated heterocycles. The lowest BCUT2D eigenvalue weighted by atomic mass is 9.75. The number of carbonyl (C=O) groups is 1. The van der Waals surface area contributed by atoms with Gasteiger partial charge in [0.15, 0.2) is 0 Å². The standard InChI is InChI=1S/C12H21NO3/c1-11(2,3)16-10(15)13-8-9(14)7-12(13)5-4-6-12/h9,14H,4-8H2,1-3H3. The van der Waals surface area contributed by atoms with E-state index in [4.69, 9.17) is 4.74 Å². The van der Waals surface area contributed by atoms with E-state index in [1.54, 1.807) is 4.90 Å². The molecule has 1 spiro atoms. The number of ether oxygens (including phenoxy) is 1. The van der Waals surface area contributed by atoms with Crippen LogP contribution < -0.4 is 0 Å². The Morgan fingerprint density at radius 1 is 1.44 bits per heavy atom. The van der Waals surface area contributed by atoms with E-state index in [1.807, 2.05) is 20.8 Å². The minimum atomic E-state index is -0.463. The molecule has 4 nitrogen and oxygen atoms in total. The van der Waals surface area contributed by atoms with E-state index in [1.165, 1.54) is 0 Å². The van der Waals surface area contributed by atoms with Crippen LogP contribution in [0.3, 0.4) is 0 Å². The minimum Gasteiger partial charge on any atom is -0.444 e. The second kappa shape index (κ2) is 3.62. The number of carbonyl (C=O) groups excluding carboxylic acids is 1. The van der Waals surface area contributed by atoms with Crippen LogP contribution in [0.4, 0.5) is 4.79 Å². The van der Waals surface area contributed by atoms with Crippen molar-refractivity contribution in [1.82, 2.24) is 4.90 Å². The van der Waals surface area contributed by atoms with Crippen molar-refractivity contribution in [3.63, 3.8) is 0 Å². The van der Waals surface area contributed by atoms with E-state index < -0.39 is 5.60 Å². The number of β-amino-alcohol motifs (C(OH)–C–C–N with tert-alkyl or cyclic N) is 1. The summed E-state index contributed by atoms with van der Waals surface area (Å²) >= 11 is 0. The molecule has 1 saturated carbocycles. The van der Waals surface area contributed by atoms with Gasteiger partial charge in [0.25, 0.3) is 0 Å². The first-order valence-corrected chi connectivity index (χ1v) is 6.01. The number of rotatable bonds is 0. The molecule has 2 rings (SSSR count). The highest BCUT2D eigenvalue weighted by molar-refractivity contribution is 5.70. The zero-order valence-corrected chi connectivity index (χ0v) is 10.3. The summed E-state index contributed by atoms with van der Waals surface area (Å²) in [6.07, 6.45) is 3.21. The molecule has 1 N–H and O–H groups in total. The fourth-order valence-corrected chi connectivity index (χ4v) is 2.66. The smallest absolute Gasteiger partial charge is 0.410 e. The Morgan fingerprint density at radius 2 is 2.06 bits per heavy atom. The normalized spacial score (nSPS) is 28.0. The summed E-state index contributed by atoms with van der Waals surface area (Å²) in [6, 6.07) is 0. The van der Waals surface area contributed by atoms with Crippen LogP contribution >= 0.6 is 0 Å². The lowest BCUT2D eigenvalue weighted by Crippen LogP contribution is -2.53. The molecule has 2 aliphatic rings. The first kappa shape index (κ1) is 11.7. The second-order valence-electron chi connectivity index (χ2n) is 6.03. The summed E-state index contributed by atoms with van der Waals surface area (Å²) in [5.74, 6) is 0. The molecule has 0 aromatic heterocycles. The highest BCUT2D eigenvalue weighted by Crippen LogP contribution is 2.45. The zero-order chi connectivity index (χ0) is 12.0. The highest BCUT2D eigenvalue weighted by Gasteiger charge is 2.52. The molecule has 0 aromatic rings. The lowest BCUT2D eigenvalue weighted by Gasteiger charge is -2.45. The van der Waals surface area contributed by atoms with Gasteiger partial charge in [-0.2, -0.15) is 0 Å². The maximum atomic E-state index is 12.0. The van der Waals surface area contributed by atoms with Gasteiger partial charge in [-0.15, -0.1) is 0 Å². The summed E-state index contributed by atoms with van der Waals surface area (Å²) in [6.45, 7) is 6.02. The summed E-state index contributed by atoms with van der Waals surface area (Å²) in [4.78, 5) is 13.7. The fourth-order valence-electron chi connectivity index (χ4n) is 2.66. The van der Waals surface area contributed by atoms with Crippen molar-refractivity contribution in [3.8, 4) is 0 Å². The monoisotopic (exact) mass is 227 g/mol. The summed E-state index contributed by atoms with van der Waals surface area (Å²) < 4.78 is 5.38.